The first-order valence-electron chi connectivity index (χ1n) is 9.02. The first kappa shape index (κ1) is 20.1. The zero-order valence-corrected chi connectivity index (χ0v) is 14.9. The summed E-state index contributed by atoms with van der Waals surface area (Å²) in [5.74, 6) is -1.92. The van der Waals surface area contributed by atoms with Crippen molar-refractivity contribution < 1.29 is 32.5 Å². The van der Waals surface area contributed by atoms with Crippen molar-refractivity contribution in [1.82, 2.24) is 15.1 Å². The molecule has 1 saturated carbocycles. The molecular weight excluding hydrogens is 367 g/mol. The summed E-state index contributed by atoms with van der Waals surface area (Å²) >= 11 is 0. The van der Waals surface area contributed by atoms with Gasteiger partial charge in [0.1, 0.15) is 0 Å². The molecule has 2 unspecified atom stereocenters. The standard InChI is InChI=1S/C15H23N3O2.C2HF3O2/c1-2-12(1)9-19-14-7-15(20-10-14)4-6-18(11-15)8-13-3-5-16-17-13;3-2(4,5)1(6)7/h3,5,12,14H,1-2,4,6-11H2,(H,16,17);(H,6,7). The molecule has 4 rings (SSSR count). The van der Waals surface area contributed by atoms with Crippen molar-refractivity contribution in [2.45, 2.75) is 50.1 Å². The van der Waals surface area contributed by atoms with Gasteiger partial charge < -0.3 is 14.6 Å². The number of aromatic amines is 1. The lowest BCUT2D eigenvalue weighted by atomic mass is 9.98. The molecule has 1 aromatic rings. The fourth-order valence-electron chi connectivity index (χ4n) is 3.43. The van der Waals surface area contributed by atoms with Crippen molar-refractivity contribution in [1.29, 1.82) is 0 Å². The van der Waals surface area contributed by atoms with Crippen molar-refractivity contribution in [2.75, 3.05) is 26.3 Å². The number of rotatable bonds is 5. The minimum Gasteiger partial charge on any atom is -0.475 e. The zero-order valence-electron chi connectivity index (χ0n) is 14.9. The highest BCUT2D eigenvalue weighted by molar-refractivity contribution is 5.73. The number of carbonyl (C=O) groups is 1. The Morgan fingerprint density at radius 2 is 2.22 bits per heavy atom. The summed E-state index contributed by atoms with van der Waals surface area (Å²) in [5, 5.41) is 14.2. The number of carboxylic acid groups (broad SMARTS) is 1. The van der Waals surface area contributed by atoms with Gasteiger partial charge in [-0.15, -0.1) is 0 Å². The van der Waals surface area contributed by atoms with E-state index in [1.807, 2.05) is 12.3 Å². The van der Waals surface area contributed by atoms with Crippen LogP contribution in [-0.2, 0) is 20.8 Å². The highest BCUT2D eigenvalue weighted by Crippen LogP contribution is 2.37. The monoisotopic (exact) mass is 391 g/mol. The molecule has 7 nitrogen and oxygen atoms in total. The lowest BCUT2D eigenvalue weighted by molar-refractivity contribution is -0.192. The molecule has 1 aromatic heterocycles. The van der Waals surface area contributed by atoms with Gasteiger partial charge in [-0.1, -0.05) is 0 Å². The van der Waals surface area contributed by atoms with Crippen LogP contribution in [0.2, 0.25) is 0 Å². The second kappa shape index (κ2) is 8.15. The normalized spacial score (nSPS) is 28.3. The lowest BCUT2D eigenvalue weighted by Crippen LogP contribution is -2.33. The first-order chi connectivity index (χ1) is 12.8. The number of halogens is 3. The maximum absolute atomic E-state index is 10.6. The third-order valence-corrected chi connectivity index (χ3v) is 5.03. The first-order valence-corrected chi connectivity index (χ1v) is 9.02. The molecule has 0 aromatic carbocycles. The van der Waals surface area contributed by atoms with Crippen LogP contribution in [0.25, 0.3) is 0 Å². The molecule has 1 aliphatic carbocycles. The largest absolute Gasteiger partial charge is 0.490 e. The molecule has 10 heteroatoms. The fraction of sp³-hybridized carbons (Fsp3) is 0.765. The quantitative estimate of drug-likeness (QED) is 0.800. The van der Waals surface area contributed by atoms with E-state index in [2.05, 4.69) is 15.1 Å². The van der Waals surface area contributed by atoms with Gasteiger partial charge in [-0.3, -0.25) is 10.00 Å². The van der Waals surface area contributed by atoms with Crippen molar-refractivity contribution >= 4 is 5.97 Å². The molecule has 0 bridgehead atoms. The van der Waals surface area contributed by atoms with E-state index < -0.39 is 12.1 Å². The van der Waals surface area contributed by atoms with Gasteiger partial charge in [0.2, 0.25) is 0 Å². The minimum atomic E-state index is -5.08. The molecule has 2 N–H and O–H groups in total. The van der Waals surface area contributed by atoms with Crippen LogP contribution in [0.1, 0.15) is 31.4 Å². The Labute approximate surface area is 154 Å². The summed E-state index contributed by atoms with van der Waals surface area (Å²) in [6, 6.07) is 2.04. The fourth-order valence-corrected chi connectivity index (χ4v) is 3.43. The van der Waals surface area contributed by atoms with Crippen LogP contribution in [-0.4, -0.2) is 70.4 Å². The lowest BCUT2D eigenvalue weighted by Gasteiger charge is -2.23. The number of aliphatic carboxylic acids is 1. The predicted octanol–water partition coefficient (Wildman–Crippen LogP) is 2.20. The van der Waals surface area contributed by atoms with Crippen LogP contribution in [0.15, 0.2) is 12.3 Å². The van der Waals surface area contributed by atoms with E-state index in [1.165, 1.54) is 18.5 Å². The molecule has 152 valence electrons. The molecular formula is C17H24F3N3O4. The van der Waals surface area contributed by atoms with Gasteiger partial charge in [-0.25, -0.2) is 4.79 Å². The second-order valence-corrected chi connectivity index (χ2v) is 7.44. The Kier molecular flexibility index (Phi) is 6.07. The predicted molar refractivity (Wildman–Crippen MR) is 87.9 cm³/mol. The van der Waals surface area contributed by atoms with Crippen LogP contribution in [0.3, 0.4) is 0 Å². The van der Waals surface area contributed by atoms with E-state index >= 15 is 0 Å². The van der Waals surface area contributed by atoms with E-state index in [1.54, 1.807) is 0 Å². The van der Waals surface area contributed by atoms with E-state index in [-0.39, 0.29) is 5.60 Å². The number of alkyl halides is 3. The topological polar surface area (TPSA) is 87.7 Å². The SMILES string of the molecule is O=C(O)C(F)(F)F.c1cc(CN2CCC3(CC(OCC4CC4)CO3)C2)[nH]n1. The molecule has 3 aliphatic rings. The van der Waals surface area contributed by atoms with Gasteiger partial charge in [0.25, 0.3) is 0 Å². The third kappa shape index (κ3) is 5.91. The zero-order chi connectivity index (χ0) is 19.5. The molecule has 0 radical (unpaired) electrons. The van der Waals surface area contributed by atoms with Crippen molar-refractivity contribution in [2.24, 2.45) is 5.92 Å². The molecule has 27 heavy (non-hydrogen) atoms. The maximum Gasteiger partial charge on any atom is 0.490 e. The summed E-state index contributed by atoms with van der Waals surface area (Å²) in [6.45, 7) is 4.80. The van der Waals surface area contributed by atoms with Crippen LogP contribution < -0.4 is 0 Å². The summed E-state index contributed by atoms with van der Waals surface area (Å²) in [6.07, 6.45) is 1.97. The highest BCUT2D eigenvalue weighted by Gasteiger charge is 2.46. The van der Waals surface area contributed by atoms with Gasteiger partial charge >= 0.3 is 12.1 Å². The number of H-pyrrole nitrogens is 1. The smallest absolute Gasteiger partial charge is 0.475 e. The molecule has 0 amide bonds. The van der Waals surface area contributed by atoms with E-state index in [0.717, 1.165) is 51.6 Å². The van der Waals surface area contributed by atoms with E-state index in [9.17, 15) is 13.2 Å². The molecule has 2 atom stereocenters. The van der Waals surface area contributed by atoms with Gasteiger partial charge in [0, 0.05) is 44.6 Å². The van der Waals surface area contributed by atoms with Crippen molar-refractivity contribution in [3.63, 3.8) is 0 Å². The van der Waals surface area contributed by atoms with Gasteiger partial charge in [0.15, 0.2) is 0 Å². The Morgan fingerprint density at radius 3 is 2.81 bits per heavy atom. The molecule has 2 aliphatic heterocycles. The van der Waals surface area contributed by atoms with Crippen LogP contribution in [0, 0.1) is 5.92 Å². The van der Waals surface area contributed by atoms with Gasteiger partial charge in [0.05, 0.1) is 18.3 Å². The number of ether oxygens (including phenoxy) is 2. The third-order valence-electron chi connectivity index (χ3n) is 5.03. The van der Waals surface area contributed by atoms with Crippen LogP contribution in [0.5, 0.6) is 0 Å². The number of nitrogens with zero attached hydrogens (tertiary/aromatic N) is 2. The number of nitrogens with one attached hydrogen (secondary N) is 1. The van der Waals surface area contributed by atoms with Gasteiger partial charge in [-0.05, 0) is 31.2 Å². The molecule has 1 spiro atoms. The number of hydrogen-bond acceptors (Lipinski definition) is 5. The maximum atomic E-state index is 10.6. The average molecular weight is 391 g/mol. The Hall–Kier alpha value is -1.65. The van der Waals surface area contributed by atoms with E-state index in [0.29, 0.717) is 6.10 Å². The number of carboxylic acids is 1. The van der Waals surface area contributed by atoms with Crippen molar-refractivity contribution in [3.05, 3.63) is 18.0 Å². The minimum absolute atomic E-state index is 0.0498. The van der Waals surface area contributed by atoms with E-state index in [4.69, 9.17) is 19.4 Å². The summed E-state index contributed by atoms with van der Waals surface area (Å²) < 4.78 is 43.9. The summed E-state index contributed by atoms with van der Waals surface area (Å²) in [4.78, 5) is 11.4. The average Bonchev–Trinajstić information content (AvgIpc) is 2.97. The van der Waals surface area contributed by atoms with Crippen LogP contribution >= 0.6 is 0 Å². The summed E-state index contributed by atoms with van der Waals surface area (Å²) in [5.41, 5.74) is 1.23. The Morgan fingerprint density at radius 1 is 1.48 bits per heavy atom. The molecule has 2 saturated heterocycles. The highest BCUT2D eigenvalue weighted by atomic mass is 19.4. The second-order valence-electron chi connectivity index (χ2n) is 7.44. The Bertz CT molecular complexity index is 621. The number of likely N-dealkylation sites (tertiary alicyclic amines) is 1. The molecule has 3 fully saturated rings. The Balaban J connectivity index is 0.000000260. The van der Waals surface area contributed by atoms with Crippen LogP contribution in [0.4, 0.5) is 13.2 Å². The van der Waals surface area contributed by atoms with Crippen molar-refractivity contribution in [3.8, 4) is 0 Å². The summed E-state index contributed by atoms with van der Waals surface area (Å²) in [7, 11) is 0. The van der Waals surface area contributed by atoms with Gasteiger partial charge in [-0.2, -0.15) is 18.3 Å². The number of aromatic nitrogens is 2. The molecule has 3 heterocycles. The number of hydrogen-bond donors (Lipinski definition) is 2.